The third-order valence-electron chi connectivity index (χ3n) is 2.00. The summed E-state index contributed by atoms with van der Waals surface area (Å²) in [5.74, 6) is 0.0291. The zero-order valence-corrected chi connectivity index (χ0v) is 9.03. The third kappa shape index (κ3) is 3.86. The third-order valence-corrected chi connectivity index (χ3v) is 2.00. The quantitative estimate of drug-likeness (QED) is 0.843. The van der Waals surface area contributed by atoms with E-state index in [9.17, 15) is 13.2 Å². The number of rotatable bonds is 4. The fraction of sp³-hybridized carbons (Fsp3) is 0.500. The number of hydrogen-bond acceptors (Lipinski definition) is 4. The molecule has 0 amide bonds. The second kappa shape index (κ2) is 5.33. The zero-order chi connectivity index (χ0) is 13.1. The van der Waals surface area contributed by atoms with E-state index in [2.05, 4.69) is 4.98 Å². The molecule has 0 spiro atoms. The topological polar surface area (TPSA) is 62.6 Å². The molecule has 1 heterocycles. The smallest absolute Gasteiger partial charge is 0.417 e. The molecule has 0 bridgehead atoms. The number of nitrogens with zero attached hydrogens (tertiary/aromatic N) is 1. The van der Waals surface area contributed by atoms with Crippen molar-refractivity contribution >= 4 is 0 Å². The second-order valence-corrected chi connectivity index (χ2v) is 3.42. The van der Waals surface area contributed by atoms with Crippen LogP contribution in [0.1, 0.15) is 11.4 Å². The average Bonchev–Trinajstić information content (AvgIpc) is 2.25. The minimum absolute atomic E-state index is 0.0291. The first kappa shape index (κ1) is 13.7. The number of aromatic nitrogens is 1. The first-order chi connectivity index (χ1) is 7.84. The summed E-state index contributed by atoms with van der Waals surface area (Å²) in [5, 5.41) is 17.7. The molecule has 0 saturated carbocycles. The Morgan fingerprint density at radius 3 is 2.59 bits per heavy atom. The molecular weight excluding hydrogens is 239 g/mol. The van der Waals surface area contributed by atoms with E-state index in [0.717, 1.165) is 0 Å². The van der Waals surface area contributed by atoms with E-state index < -0.39 is 25.5 Å². The highest BCUT2D eigenvalue weighted by Gasteiger charge is 2.38. The summed E-state index contributed by atoms with van der Waals surface area (Å²) in [6.45, 7) is 0.299. The first-order valence-electron chi connectivity index (χ1n) is 4.79. The summed E-state index contributed by atoms with van der Waals surface area (Å²) in [6, 6.07) is 2.94. The Morgan fingerprint density at radius 1 is 1.41 bits per heavy atom. The van der Waals surface area contributed by atoms with Gasteiger partial charge in [-0.2, -0.15) is 13.2 Å². The lowest BCUT2D eigenvalue weighted by Crippen LogP contribution is -2.34. The molecule has 1 unspecified atom stereocenters. The number of halogens is 3. The van der Waals surface area contributed by atoms with Gasteiger partial charge in [-0.3, -0.25) is 4.98 Å². The monoisotopic (exact) mass is 251 g/mol. The van der Waals surface area contributed by atoms with Gasteiger partial charge < -0.3 is 14.9 Å². The highest BCUT2D eigenvalue weighted by molar-refractivity contribution is 5.28. The minimum atomic E-state index is -4.72. The predicted molar refractivity (Wildman–Crippen MR) is 52.5 cm³/mol. The van der Waals surface area contributed by atoms with Gasteiger partial charge >= 0.3 is 6.18 Å². The number of alkyl halides is 3. The van der Waals surface area contributed by atoms with Crippen molar-refractivity contribution < 1.29 is 28.1 Å². The molecule has 0 radical (unpaired) electrons. The fourth-order valence-corrected chi connectivity index (χ4v) is 1.11. The summed E-state index contributed by atoms with van der Waals surface area (Å²) >= 11 is 0. The highest BCUT2D eigenvalue weighted by Crippen LogP contribution is 2.22. The van der Waals surface area contributed by atoms with E-state index in [1.54, 1.807) is 6.92 Å². The van der Waals surface area contributed by atoms with E-state index in [-0.39, 0.29) is 11.4 Å². The second-order valence-electron chi connectivity index (χ2n) is 3.42. The van der Waals surface area contributed by atoms with E-state index >= 15 is 0 Å². The summed E-state index contributed by atoms with van der Waals surface area (Å²) in [6.07, 6.45) is -7.28. The van der Waals surface area contributed by atoms with Gasteiger partial charge in [-0.1, -0.05) is 0 Å². The molecule has 2 N–H and O–H groups in total. The van der Waals surface area contributed by atoms with Crippen LogP contribution in [0, 0.1) is 6.92 Å². The van der Waals surface area contributed by atoms with Crippen molar-refractivity contribution in [2.75, 3.05) is 6.61 Å². The predicted octanol–water partition coefficient (Wildman–Crippen LogP) is 1.18. The van der Waals surface area contributed by atoms with Crippen LogP contribution in [0.5, 0.6) is 5.75 Å². The molecule has 0 aliphatic rings. The number of pyridine rings is 1. The van der Waals surface area contributed by atoms with Crippen molar-refractivity contribution in [1.82, 2.24) is 4.98 Å². The van der Waals surface area contributed by atoms with E-state index in [0.29, 0.717) is 5.69 Å². The minimum Gasteiger partial charge on any atom is -0.489 e. The molecule has 0 fully saturated rings. The number of ether oxygens (including phenoxy) is 1. The van der Waals surface area contributed by atoms with Gasteiger partial charge in [0.1, 0.15) is 18.1 Å². The van der Waals surface area contributed by atoms with Crippen LogP contribution < -0.4 is 4.74 Å². The van der Waals surface area contributed by atoms with Gasteiger partial charge in [-0.25, -0.2) is 0 Å². The summed E-state index contributed by atoms with van der Waals surface area (Å²) < 4.78 is 40.8. The molecule has 7 heteroatoms. The molecule has 96 valence electrons. The number of aliphatic hydroxyl groups is 2. The molecule has 0 aromatic carbocycles. The van der Waals surface area contributed by atoms with Crippen molar-refractivity contribution in [3.63, 3.8) is 0 Å². The van der Waals surface area contributed by atoms with Gasteiger partial charge in [0.25, 0.3) is 0 Å². The lowest BCUT2D eigenvalue weighted by molar-refractivity contribution is -0.210. The number of hydrogen-bond donors (Lipinski definition) is 2. The van der Waals surface area contributed by atoms with Crippen LogP contribution in [0.3, 0.4) is 0 Å². The van der Waals surface area contributed by atoms with Crippen LogP contribution in [0.15, 0.2) is 12.1 Å². The van der Waals surface area contributed by atoms with Crippen molar-refractivity contribution in [3.05, 3.63) is 23.5 Å². The fourth-order valence-electron chi connectivity index (χ4n) is 1.11. The number of aliphatic hydroxyl groups excluding tert-OH is 2. The lowest BCUT2D eigenvalue weighted by Gasteiger charge is -2.16. The molecule has 1 aromatic heterocycles. The molecule has 0 aliphatic heterocycles. The first-order valence-corrected chi connectivity index (χ1v) is 4.79. The maximum absolute atomic E-state index is 12.0. The van der Waals surface area contributed by atoms with Crippen LogP contribution in [-0.2, 0) is 6.61 Å². The van der Waals surface area contributed by atoms with E-state index in [1.165, 1.54) is 12.1 Å². The van der Waals surface area contributed by atoms with Gasteiger partial charge in [-0.05, 0) is 19.1 Å². The maximum Gasteiger partial charge on any atom is 0.417 e. The van der Waals surface area contributed by atoms with Gasteiger partial charge in [0.2, 0.25) is 0 Å². The van der Waals surface area contributed by atoms with Crippen molar-refractivity contribution in [1.29, 1.82) is 0 Å². The lowest BCUT2D eigenvalue weighted by atomic mass is 10.3. The SMILES string of the molecule is Cc1ccc(OCC(O)C(F)(F)F)c(CO)n1. The molecule has 1 rings (SSSR count). The Morgan fingerprint density at radius 2 is 2.06 bits per heavy atom. The average molecular weight is 251 g/mol. The molecule has 0 saturated heterocycles. The molecular formula is C10H12F3NO3. The van der Waals surface area contributed by atoms with Crippen molar-refractivity contribution in [3.8, 4) is 5.75 Å². The Hall–Kier alpha value is -1.34. The van der Waals surface area contributed by atoms with Crippen LogP contribution in [0.4, 0.5) is 13.2 Å². The zero-order valence-electron chi connectivity index (χ0n) is 9.03. The normalized spacial score (nSPS) is 13.5. The molecule has 1 aromatic rings. The molecule has 4 nitrogen and oxygen atoms in total. The number of aryl methyl sites for hydroxylation is 1. The van der Waals surface area contributed by atoms with Gasteiger partial charge in [0, 0.05) is 5.69 Å². The largest absolute Gasteiger partial charge is 0.489 e. The van der Waals surface area contributed by atoms with E-state index in [1.807, 2.05) is 0 Å². The highest BCUT2D eigenvalue weighted by atomic mass is 19.4. The van der Waals surface area contributed by atoms with Gasteiger partial charge in [0.15, 0.2) is 6.10 Å². The van der Waals surface area contributed by atoms with Crippen molar-refractivity contribution in [2.24, 2.45) is 0 Å². The van der Waals surface area contributed by atoms with Crippen LogP contribution >= 0.6 is 0 Å². The van der Waals surface area contributed by atoms with Crippen LogP contribution in [0.2, 0.25) is 0 Å². The standard InChI is InChI=1S/C10H12F3NO3/c1-6-2-3-8(7(4-15)14-6)17-5-9(16)10(11,12)13/h2-3,9,15-16H,4-5H2,1H3. The summed E-state index contributed by atoms with van der Waals surface area (Å²) in [7, 11) is 0. The molecule has 17 heavy (non-hydrogen) atoms. The Balaban J connectivity index is 2.69. The Bertz CT molecular complexity index is 382. The summed E-state index contributed by atoms with van der Waals surface area (Å²) in [5.41, 5.74) is 0.747. The maximum atomic E-state index is 12.0. The van der Waals surface area contributed by atoms with Gasteiger partial charge in [-0.15, -0.1) is 0 Å². The van der Waals surface area contributed by atoms with Crippen LogP contribution in [-0.4, -0.2) is 34.1 Å². The molecule has 1 atom stereocenters. The summed E-state index contributed by atoms with van der Waals surface area (Å²) in [4.78, 5) is 3.89. The Labute approximate surface area is 95.7 Å². The van der Waals surface area contributed by atoms with Crippen molar-refractivity contribution in [2.45, 2.75) is 25.8 Å². The Kier molecular flexibility index (Phi) is 4.30. The van der Waals surface area contributed by atoms with Gasteiger partial charge in [0.05, 0.1) is 6.61 Å². The molecule has 0 aliphatic carbocycles. The van der Waals surface area contributed by atoms with E-state index in [4.69, 9.17) is 14.9 Å². The van der Waals surface area contributed by atoms with Crippen LogP contribution in [0.25, 0.3) is 0 Å².